The topological polar surface area (TPSA) is 61.4 Å². The van der Waals surface area contributed by atoms with Gasteiger partial charge in [-0.25, -0.2) is 0 Å². The van der Waals surface area contributed by atoms with Crippen LogP contribution < -0.4 is 10.6 Å². The Balaban J connectivity index is 1.87. The van der Waals surface area contributed by atoms with E-state index in [2.05, 4.69) is 22.5 Å². The molecule has 1 fully saturated rings. The first kappa shape index (κ1) is 16.5. The zero-order valence-corrected chi connectivity index (χ0v) is 13.6. The van der Waals surface area contributed by atoms with Gasteiger partial charge in [-0.3, -0.25) is 14.5 Å². The molecule has 0 aliphatic carbocycles. The van der Waals surface area contributed by atoms with Crippen LogP contribution in [0.3, 0.4) is 0 Å². The SMILES string of the molecule is CCN1CCC[C@H]1CNC(=O)C(=O)Nc1cccc(C)c1C. The Labute approximate surface area is 132 Å². The molecule has 120 valence electrons. The number of rotatable bonds is 4. The Morgan fingerprint density at radius 1 is 1.27 bits per heavy atom. The van der Waals surface area contributed by atoms with Gasteiger partial charge < -0.3 is 10.6 Å². The van der Waals surface area contributed by atoms with Crippen LogP contribution in [-0.4, -0.2) is 42.4 Å². The maximum atomic E-state index is 12.0. The third-order valence-electron chi connectivity index (χ3n) is 4.46. The summed E-state index contributed by atoms with van der Waals surface area (Å²) < 4.78 is 0. The summed E-state index contributed by atoms with van der Waals surface area (Å²) in [7, 11) is 0. The summed E-state index contributed by atoms with van der Waals surface area (Å²) in [5, 5.41) is 5.44. The minimum absolute atomic E-state index is 0.349. The molecule has 1 saturated heterocycles. The fraction of sp³-hybridized carbons (Fsp3) is 0.529. The van der Waals surface area contributed by atoms with Crippen LogP contribution in [0.15, 0.2) is 18.2 Å². The molecular weight excluding hydrogens is 278 g/mol. The smallest absolute Gasteiger partial charge is 0.313 e. The van der Waals surface area contributed by atoms with Crippen LogP contribution in [0.1, 0.15) is 30.9 Å². The lowest BCUT2D eigenvalue weighted by atomic mass is 10.1. The minimum Gasteiger partial charge on any atom is -0.346 e. The maximum Gasteiger partial charge on any atom is 0.313 e. The molecule has 5 nitrogen and oxygen atoms in total. The molecule has 1 heterocycles. The van der Waals surface area contributed by atoms with E-state index in [1.165, 1.54) is 0 Å². The highest BCUT2D eigenvalue weighted by Gasteiger charge is 2.24. The van der Waals surface area contributed by atoms with Gasteiger partial charge in [0.25, 0.3) is 0 Å². The van der Waals surface area contributed by atoms with Crippen molar-refractivity contribution in [2.24, 2.45) is 0 Å². The first-order valence-corrected chi connectivity index (χ1v) is 7.92. The molecular formula is C17H25N3O2. The number of nitrogens with zero attached hydrogens (tertiary/aromatic N) is 1. The van der Waals surface area contributed by atoms with Crippen LogP contribution in [0.25, 0.3) is 0 Å². The average molecular weight is 303 g/mol. The molecule has 1 aliphatic rings. The van der Waals surface area contributed by atoms with Crippen LogP contribution in [0.4, 0.5) is 5.69 Å². The molecule has 1 aliphatic heterocycles. The number of anilines is 1. The monoisotopic (exact) mass is 303 g/mol. The normalized spacial score (nSPS) is 18.2. The number of amides is 2. The quantitative estimate of drug-likeness (QED) is 0.834. The Kier molecular flexibility index (Phi) is 5.55. The first-order valence-electron chi connectivity index (χ1n) is 7.92. The average Bonchev–Trinajstić information content (AvgIpc) is 2.96. The van der Waals surface area contributed by atoms with E-state index in [-0.39, 0.29) is 0 Å². The Hall–Kier alpha value is -1.88. The maximum absolute atomic E-state index is 12.0. The molecule has 0 spiro atoms. The standard InChI is InChI=1S/C17H25N3O2/c1-4-20-10-6-8-14(20)11-18-16(21)17(22)19-15-9-5-7-12(2)13(15)3/h5,7,9,14H,4,6,8,10-11H2,1-3H3,(H,18,21)(H,19,22)/t14-/m0/s1. The van der Waals surface area contributed by atoms with Crippen molar-refractivity contribution in [3.8, 4) is 0 Å². The number of hydrogen-bond acceptors (Lipinski definition) is 3. The molecule has 0 bridgehead atoms. The summed E-state index contributed by atoms with van der Waals surface area (Å²) in [5.74, 6) is -1.17. The fourth-order valence-corrected chi connectivity index (χ4v) is 2.90. The number of likely N-dealkylation sites (N-methyl/N-ethyl adjacent to an activating group) is 1. The first-order chi connectivity index (χ1) is 10.5. The van der Waals surface area contributed by atoms with E-state index in [4.69, 9.17) is 0 Å². The van der Waals surface area contributed by atoms with Gasteiger partial charge in [0.15, 0.2) is 0 Å². The molecule has 2 rings (SSSR count). The molecule has 1 atom stereocenters. The zero-order valence-electron chi connectivity index (χ0n) is 13.6. The van der Waals surface area contributed by atoms with Gasteiger partial charge in [0.1, 0.15) is 0 Å². The van der Waals surface area contributed by atoms with Gasteiger partial charge in [-0.05, 0) is 57.0 Å². The number of carbonyl (C=O) groups is 2. The van der Waals surface area contributed by atoms with Crippen molar-refractivity contribution >= 4 is 17.5 Å². The van der Waals surface area contributed by atoms with Crippen molar-refractivity contribution in [1.29, 1.82) is 0 Å². The molecule has 0 aromatic heterocycles. The molecule has 2 amide bonds. The summed E-state index contributed by atoms with van der Waals surface area (Å²) in [4.78, 5) is 26.3. The van der Waals surface area contributed by atoms with Crippen LogP contribution >= 0.6 is 0 Å². The second-order valence-corrected chi connectivity index (χ2v) is 5.84. The van der Waals surface area contributed by atoms with E-state index in [1.807, 2.05) is 32.0 Å². The van der Waals surface area contributed by atoms with E-state index in [0.29, 0.717) is 18.3 Å². The molecule has 22 heavy (non-hydrogen) atoms. The minimum atomic E-state index is -0.602. The van der Waals surface area contributed by atoms with Gasteiger partial charge >= 0.3 is 11.8 Å². The van der Waals surface area contributed by atoms with Gasteiger partial charge in [0.05, 0.1) is 0 Å². The summed E-state index contributed by atoms with van der Waals surface area (Å²) >= 11 is 0. The van der Waals surface area contributed by atoms with Gasteiger partial charge in [0.2, 0.25) is 0 Å². The predicted molar refractivity (Wildman–Crippen MR) is 87.8 cm³/mol. The molecule has 2 N–H and O–H groups in total. The lowest BCUT2D eigenvalue weighted by Gasteiger charge is -2.22. The Morgan fingerprint density at radius 2 is 2.05 bits per heavy atom. The van der Waals surface area contributed by atoms with Crippen LogP contribution in [0.2, 0.25) is 0 Å². The van der Waals surface area contributed by atoms with Crippen LogP contribution in [0.5, 0.6) is 0 Å². The van der Waals surface area contributed by atoms with Crippen molar-refractivity contribution in [1.82, 2.24) is 10.2 Å². The number of benzene rings is 1. The summed E-state index contributed by atoms with van der Waals surface area (Å²) in [6, 6.07) is 6.00. The van der Waals surface area contributed by atoms with Crippen molar-refractivity contribution < 1.29 is 9.59 Å². The van der Waals surface area contributed by atoms with Crippen LogP contribution in [0, 0.1) is 13.8 Å². The van der Waals surface area contributed by atoms with Crippen LogP contribution in [-0.2, 0) is 9.59 Å². The number of likely N-dealkylation sites (tertiary alicyclic amines) is 1. The lowest BCUT2D eigenvalue weighted by molar-refractivity contribution is -0.136. The predicted octanol–water partition coefficient (Wildman–Crippen LogP) is 1.84. The Bertz CT molecular complexity index is 557. The highest BCUT2D eigenvalue weighted by molar-refractivity contribution is 6.39. The van der Waals surface area contributed by atoms with Gasteiger partial charge in [-0.2, -0.15) is 0 Å². The van der Waals surface area contributed by atoms with E-state index in [1.54, 1.807) is 0 Å². The molecule has 5 heteroatoms. The van der Waals surface area contributed by atoms with E-state index in [9.17, 15) is 9.59 Å². The second-order valence-electron chi connectivity index (χ2n) is 5.84. The zero-order chi connectivity index (χ0) is 16.1. The highest BCUT2D eigenvalue weighted by Crippen LogP contribution is 2.18. The molecule has 0 saturated carbocycles. The number of nitrogens with one attached hydrogen (secondary N) is 2. The summed E-state index contributed by atoms with van der Waals surface area (Å²) in [6.07, 6.45) is 2.23. The third kappa shape index (κ3) is 3.85. The number of carbonyl (C=O) groups excluding carboxylic acids is 2. The fourth-order valence-electron chi connectivity index (χ4n) is 2.90. The molecule has 0 radical (unpaired) electrons. The lowest BCUT2D eigenvalue weighted by Crippen LogP contribution is -2.43. The third-order valence-corrected chi connectivity index (χ3v) is 4.46. The van der Waals surface area contributed by atoms with Crippen molar-refractivity contribution in [3.05, 3.63) is 29.3 Å². The largest absolute Gasteiger partial charge is 0.346 e. The summed E-state index contributed by atoms with van der Waals surface area (Å²) in [6.45, 7) is 8.62. The molecule has 0 unspecified atom stereocenters. The van der Waals surface area contributed by atoms with Crippen molar-refractivity contribution in [3.63, 3.8) is 0 Å². The van der Waals surface area contributed by atoms with E-state index in [0.717, 1.165) is 37.1 Å². The van der Waals surface area contributed by atoms with Crippen molar-refractivity contribution in [2.45, 2.75) is 39.7 Å². The van der Waals surface area contributed by atoms with E-state index < -0.39 is 11.8 Å². The van der Waals surface area contributed by atoms with Gasteiger partial charge in [-0.15, -0.1) is 0 Å². The van der Waals surface area contributed by atoms with E-state index >= 15 is 0 Å². The summed E-state index contributed by atoms with van der Waals surface area (Å²) in [5.41, 5.74) is 2.76. The van der Waals surface area contributed by atoms with Crippen molar-refractivity contribution in [2.75, 3.05) is 25.0 Å². The number of aryl methyl sites for hydroxylation is 1. The molecule has 1 aromatic rings. The number of hydrogen-bond donors (Lipinski definition) is 2. The van der Waals surface area contributed by atoms with Gasteiger partial charge in [0, 0.05) is 18.3 Å². The highest BCUT2D eigenvalue weighted by atomic mass is 16.2. The van der Waals surface area contributed by atoms with Gasteiger partial charge in [-0.1, -0.05) is 19.1 Å². The Morgan fingerprint density at radius 3 is 2.77 bits per heavy atom. The molecule has 1 aromatic carbocycles. The second kappa shape index (κ2) is 7.40.